The standard InChI is InChI=1S/C25H17N3O3/c29-17-10-11-9-16(17)28-15-8-4-2-6-13(15)19-21-20(24(30)26-25(21)31)18-12-5-1-3-7-14(12)27(11)22(18)23(19)28/h1-8,11,16-17,29H,9-10H2,(H,26,30,31)/t11-,16+,17+/m1/s1. The molecule has 2 aromatic heterocycles. The summed E-state index contributed by atoms with van der Waals surface area (Å²) in [6.45, 7) is 0. The van der Waals surface area contributed by atoms with Crippen molar-refractivity contribution in [3.05, 3.63) is 59.7 Å². The van der Waals surface area contributed by atoms with Crippen LogP contribution in [0.25, 0.3) is 43.6 Å². The molecular formula is C25H17N3O3. The van der Waals surface area contributed by atoms with Crippen LogP contribution in [0.2, 0.25) is 0 Å². The predicted molar refractivity (Wildman–Crippen MR) is 118 cm³/mol. The Hall–Kier alpha value is -3.64. The van der Waals surface area contributed by atoms with Gasteiger partial charge in [0.25, 0.3) is 11.8 Å². The summed E-state index contributed by atoms with van der Waals surface area (Å²) in [6.07, 6.45) is 1.04. The minimum Gasteiger partial charge on any atom is -0.391 e. The lowest BCUT2D eigenvalue weighted by atomic mass is 9.96. The first-order valence-electron chi connectivity index (χ1n) is 10.7. The highest BCUT2D eigenvalue weighted by Gasteiger charge is 2.44. The third kappa shape index (κ3) is 1.62. The van der Waals surface area contributed by atoms with Crippen LogP contribution in [0, 0.1) is 0 Å². The number of para-hydroxylation sites is 2. The number of nitrogens with zero attached hydrogens (tertiary/aromatic N) is 2. The fourth-order valence-electron chi connectivity index (χ4n) is 6.61. The number of benzene rings is 3. The Labute approximate surface area is 175 Å². The zero-order chi connectivity index (χ0) is 20.6. The van der Waals surface area contributed by atoms with E-state index in [2.05, 4.69) is 26.6 Å². The molecule has 2 bridgehead atoms. The maximum Gasteiger partial charge on any atom is 0.259 e. The highest BCUT2D eigenvalue weighted by Crippen LogP contribution is 2.53. The van der Waals surface area contributed by atoms with E-state index in [0.717, 1.165) is 50.0 Å². The van der Waals surface area contributed by atoms with E-state index < -0.39 is 6.10 Å². The zero-order valence-corrected chi connectivity index (χ0v) is 16.4. The predicted octanol–water partition coefficient (Wildman–Crippen LogP) is 4.04. The number of carbonyl (C=O) groups excluding carboxylic acids is 2. The Morgan fingerprint density at radius 3 is 1.97 bits per heavy atom. The van der Waals surface area contributed by atoms with Gasteiger partial charge in [-0.2, -0.15) is 0 Å². The van der Waals surface area contributed by atoms with Gasteiger partial charge in [-0.25, -0.2) is 0 Å². The number of amides is 2. The van der Waals surface area contributed by atoms with E-state index in [1.54, 1.807) is 0 Å². The van der Waals surface area contributed by atoms with Gasteiger partial charge in [0.15, 0.2) is 0 Å². The number of aliphatic hydroxyl groups excluding tert-OH is 1. The van der Waals surface area contributed by atoms with Crippen molar-refractivity contribution >= 4 is 55.4 Å². The minimum absolute atomic E-state index is 0.0625. The fraction of sp³-hybridized carbons (Fsp3) is 0.200. The smallest absolute Gasteiger partial charge is 0.259 e. The summed E-state index contributed by atoms with van der Waals surface area (Å²) in [5.74, 6) is -0.660. The van der Waals surface area contributed by atoms with Crippen molar-refractivity contribution in [2.75, 3.05) is 0 Å². The fourth-order valence-corrected chi connectivity index (χ4v) is 6.61. The molecule has 0 unspecified atom stereocenters. The molecule has 4 heterocycles. The van der Waals surface area contributed by atoms with Crippen molar-refractivity contribution in [3.63, 3.8) is 0 Å². The molecule has 31 heavy (non-hydrogen) atoms. The van der Waals surface area contributed by atoms with Crippen LogP contribution in [0.4, 0.5) is 0 Å². The molecule has 6 nitrogen and oxygen atoms in total. The summed E-state index contributed by atoms with van der Waals surface area (Å²) in [5, 5.41) is 17.2. The topological polar surface area (TPSA) is 76.3 Å². The zero-order valence-electron chi connectivity index (χ0n) is 16.4. The van der Waals surface area contributed by atoms with Crippen molar-refractivity contribution in [1.29, 1.82) is 0 Å². The molecule has 3 aliphatic rings. The summed E-state index contributed by atoms with van der Waals surface area (Å²) in [5.41, 5.74) is 4.98. The molecule has 150 valence electrons. The van der Waals surface area contributed by atoms with E-state index in [1.165, 1.54) is 0 Å². The van der Waals surface area contributed by atoms with Crippen LogP contribution < -0.4 is 5.32 Å². The van der Waals surface area contributed by atoms with E-state index in [0.29, 0.717) is 17.5 Å². The van der Waals surface area contributed by atoms with Crippen molar-refractivity contribution in [2.24, 2.45) is 0 Å². The molecule has 2 aliphatic heterocycles. The van der Waals surface area contributed by atoms with E-state index in [-0.39, 0.29) is 23.9 Å². The summed E-state index contributed by atoms with van der Waals surface area (Å²) < 4.78 is 4.57. The number of carbonyl (C=O) groups is 2. The van der Waals surface area contributed by atoms with Crippen molar-refractivity contribution < 1.29 is 14.7 Å². The van der Waals surface area contributed by atoms with Gasteiger partial charge in [-0.1, -0.05) is 36.4 Å². The molecule has 1 saturated carbocycles. The van der Waals surface area contributed by atoms with Crippen molar-refractivity contribution in [2.45, 2.75) is 31.0 Å². The molecule has 8 rings (SSSR count). The van der Waals surface area contributed by atoms with E-state index in [4.69, 9.17) is 0 Å². The molecule has 3 atom stereocenters. The maximum atomic E-state index is 13.1. The maximum absolute atomic E-state index is 13.1. The number of nitrogens with one attached hydrogen (secondary N) is 1. The summed E-state index contributed by atoms with van der Waals surface area (Å²) in [7, 11) is 0. The highest BCUT2D eigenvalue weighted by molar-refractivity contribution is 6.39. The van der Waals surface area contributed by atoms with E-state index in [1.807, 2.05) is 36.4 Å². The number of rotatable bonds is 0. The molecule has 5 aromatic rings. The molecular weight excluding hydrogens is 390 g/mol. The molecule has 3 aromatic carbocycles. The van der Waals surface area contributed by atoms with Gasteiger partial charge in [0.05, 0.1) is 34.3 Å². The molecule has 2 N–H and O–H groups in total. The van der Waals surface area contributed by atoms with Gasteiger partial charge in [0.2, 0.25) is 0 Å². The van der Waals surface area contributed by atoms with Crippen LogP contribution in [-0.4, -0.2) is 32.2 Å². The van der Waals surface area contributed by atoms with Gasteiger partial charge in [-0.3, -0.25) is 14.9 Å². The third-order valence-corrected chi connectivity index (χ3v) is 7.64. The largest absolute Gasteiger partial charge is 0.391 e. The van der Waals surface area contributed by atoms with Crippen LogP contribution in [0.1, 0.15) is 45.6 Å². The Kier molecular flexibility index (Phi) is 2.59. The van der Waals surface area contributed by atoms with E-state index in [9.17, 15) is 14.7 Å². The lowest BCUT2D eigenvalue weighted by Gasteiger charge is -2.20. The first-order valence-corrected chi connectivity index (χ1v) is 10.7. The van der Waals surface area contributed by atoms with Gasteiger partial charge in [0.1, 0.15) is 0 Å². The number of imide groups is 1. The number of aromatic nitrogens is 2. The van der Waals surface area contributed by atoms with Gasteiger partial charge >= 0.3 is 0 Å². The quantitative estimate of drug-likeness (QED) is 0.381. The molecule has 1 fully saturated rings. The van der Waals surface area contributed by atoms with Gasteiger partial charge in [-0.05, 0) is 25.0 Å². The molecule has 0 saturated heterocycles. The average Bonchev–Trinajstić information content (AvgIpc) is 3.45. The SMILES string of the molecule is O=C1NC(=O)c2c1c1c3ccccc3n3c1c1c2c2ccccc2n1[C@H]1C[C@@H]3C[C@@H]1O. The lowest BCUT2D eigenvalue weighted by Crippen LogP contribution is -2.20. The van der Waals surface area contributed by atoms with Crippen LogP contribution in [0.3, 0.4) is 0 Å². The Balaban J connectivity index is 1.81. The van der Waals surface area contributed by atoms with Crippen molar-refractivity contribution in [3.8, 4) is 0 Å². The summed E-state index contributed by atoms with van der Waals surface area (Å²) >= 11 is 0. The molecule has 0 radical (unpaired) electrons. The van der Waals surface area contributed by atoms with Crippen LogP contribution in [0.5, 0.6) is 0 Å². The van der Waals surface area contributed by atoms with Crippen LogP contribution in [-0.2, 0) is 0 Å². The van der Waals surface area contributed by atoms with Gasteiger partial charge in [0, 0.05) is 38.6 Å². The normalized spacial score (nSPS) is 24.1. The monoisotopic (exact) mass is 407 g/mol. The Morgan fingerprint density at radius 1 is 0.774 bits per heavy atom. The summed E-state index contributed by atoms with van der Waals surface area (Å²) in [6, 6.07) is 16.2. The highest BCUT2D eigenvalue weighted by atomic mass is 16.3. The molecule has 6 heteroatoms. The van der Waals surface area contributed by atoms with Crippen molar-refractivity contribution in [1.82, 2.24) is 14.5 Å². The van der Waals surface area contributed by atoms with Gasteiger partial charge < -0.3 is 14.2 Å². The first-order chi connectivity index (χ1) is 15.1. The second kappa shape index (κ2) is 4.98. The number of aliphatic hydroxyl groups is 1. The second-order valence-corrected chi connectivity index (χ2v) is 9.01. The lowest BCUT2D eigenvalue weighted by molar-refractivity contribution is 0.0880. The minimum atomic E-state index is -0.461. The number of hydrogen-bond acceptors (Lipinski definition) is 3. The Morgan fingerprint density at radius 2 is 1.32 bits per heavy atom. The van der Waals surface area contributed by atoms with E-state index >= 15 is 0 Å². The molecule has 2 amide bonds. The Bertz CT molecular complexity index is 1690. The van der Waals surface area contributed by atoms with Crippen LogP contribution in [0.15, 0.2) is 48.5 Å². The second-order valence-electron chi connectivity index (χ2n) is 9.01. The number of hydrogen-bond donors (Lipinski definition) is 2. The third-order valence-electron chi connectivity index (χ3n) is 7.64. The van der Waals surface area contributed by atoms with Crippen LogP contribution >= 0.6 is 0 Å². The first kappa shape index (κ1) is 16.1. The average molecular weight is 407 g/mol. The molecule has 1 aliphatic carbocycles. The molecule has 0 spiro atoms. The van der Waals surface area contributed by atoms with Gasteiger partial charge in [-0.15, -0.1) is 0 Å². The number of fused-ring (bicyclic) bond motifs is 13. The summed E-state index contributed by atoms with van der Waals surface area (Å²) in [4.78, 5) is 26.1.